The quantitative estimate of drug-likeness (QED) is 0.851. The Morgan fingerprint density at radius 1 is 1.23 bits per heavy atom. The van der Waals surface area contributed by atoms with Crippen molar-refractivity contribution >= 4 is 17.4 Å². The van der Waals surface area contributed by atoms with E-state index in [2.05, 4.69) is 22.1 Å². The fourth-order valence-corrected chi connectivity index (χ4v) is 3.48. The summed E-state index contributed by atoms with van der Waals surface area (Å²) in [7, 11) is 0. The molecule has 0 saturated carbocycles. The van der Waals surface area contributed by atoms with E-state index in [9.17, 15) is 4.79 Å². The third-order valence-electron chi connectivity index (χ3n) is 4.52. The molecule has 114 valence electrons. The highest BCUT2D eigenvalue weighted by Crippen LogP contribution is 2.28. The first-order chi connectivity index (χ1) is 10.7. The van der Waals surface area contributed by atoms with Gasteiger partial charge >= 0.3 is 0 Å². The Hall–Kier alpha value is -2.30. The smallest absolute Gasteiger partial charge is 0.246 e. The van der Waals surface area contributed by atoms with Crippen LogP contribution in [0.15, 0.2) is 30.3 Å². The summed E-state index contributed by atoms with van der Waals surface area (Å²) in [6, 6.07) is 10.3. The molecule has 0 fully saturated rings. The Kier molecular flexibility index (Phi) is 3.13. The zero-order valence-electron chi connectivity index (χ0n) is 12.8. The van der Waals surface area contributed by atoms with Gasteiger partial charge in [0.15, 0.2) is 0 Å². The summed E-state index contributed by atoms with van der Waals surface area (Å²) in [6.07, 6.45) is 2.00. The van der Waals surface area contributed by atoms with E-state index in [4.69, 9.17) is 0 Å². The van der Waals surface area contributed by atoms with Crippen LogP contribution in [0.1, 0.15) is 17.7 Å². The van der Waals surface area contributed by atoms with E-state index in [1.165, 1.54) is 5.56 Å². The number of nitrogens with zero attached hydrogens (tertiary/aromatic N) is 4. The van der Waals surface area contributed by atoms with Crippen molar-refractivity contribution in [3.63, 3.8) is 0 Å². The number of benzene rings is 1. The van der Waals surface area contributed by atoms with Crippen LogP contribution in [-0.4, -0.2) is 35.3 Å². The molecule has 0 spiro atoms. The Bertz CT molecular complexity index is 721. The normalized spacial score (nSPS) is 16.6. The van der Waals surface area contributed by atoms with E-state index in [0.717, 1.165) is 49.7 Å². The van der Waals surface area contributed by atoms with Crippen LogP contribution >= 0.6 is 0 Å². The number of hydrogen-bond donors (Lipinski definition) is 0. The van der Waals surface area contributed by atoms with Crippen molar-refractivity contribution in [2.45, 2.75) is 26.3 Å². The molecule has 2 aliphatic rings. The van der Waals surface area contributed by atoms with Crippen molar-refractivity contribution < 1.29 is 4.79 Å². The molecular weight excluding hydrogens is 276 g/mol. The number of aromatic nitrogens is 2. The molecule has 1 amide bonds. The van der Waals surface area contributed by atoms with Gasteiger partial charge in [0.25, 0.3) is 0 Å². The van der Waals surface area contributed by atoms with E-state index in [0.29, 0.717) is 6.54 Å². The molecule has 0 aliphatic carbocycles. The SMILES string of the molecule is Cc1cc2n(n1)CCCN2CC(=O)N1CCc2ccccc21. The lowest BCUT2D eigenvalue weighted by Gasteiger charge is -2.30. The minimum Gasteiger partial charge on any atom is -0.347 e. The second kappa shape index (κ2) is 5.16. The van der Waals surface area contributed by atoms with Crippen LogP contribution in [0.2, 0.25) is 0 Å². The van der Waals surface area contributed by atoms with Crippen molar-refractivity contribution in [3.8, 4) is 0 Å². The van der Waals surface area contributed by atoms with Crippen LogP contribution in [0.5, 0.6) is 0 Å². The molecule has 4 rings (SSSR count). The van der Waals surface area contributed by atoms with E-state index >= 15 is 0 Å². The largest absolute Gasteiger partial charge is 0.347 e. The van der Waals surface area contributed by atoms with Gasteiger partial charge in [-0.05, 0) is 31.4 Å². The molecule has 0 bridgehead atoms. The molecule has 2 aliphatic heterocycles. The molecule has 0 unspecified atom stereocenters. The van der Waals surface area contributed by atoms with Crippen LogP contribution < -0.4 is 9.80 Å². The van der Waals surface area contributed by atoms with Gasteiger partial charge in [0, 0.05) is 31.4 Å². The van der Waals surface area contributed by atoms with Gasteiger partial charge < -0.3 is 9.80 Å². The topological polar surface area (TPSA) is 41.4 Å². The number of rotatable bonds is 2. The number of aryl methyl sites for hydroxylation is 2. The summed E-state index contributed by atoms with van der Waals surface area (Å²) in [4.78, 5) is 16.8. The summed E-state index contributed by atoms with van der Waals surface area (Å²) in [5.74, 6) is 1.25. The van der Waals surface area contributed by atoms with Gasteiger partial charge in [-0.15, -0.1) is 0 Å². The Balaban J connectivity index is 1.54. The van der Waals surface area contributed by atoms with Crippen molar-refractivity contribution in [1.82, 2.24) is 9.78 Å². The highest BCUT2D eigenvalue weighted by atomic mass is 16.2. The van der Waals surface area contributed by atoms with Gasteiger partial charge in [-0.3, -0.25) is 4.79 Å². The maximum absolute atomic E-state index is 12.7. The molecule has 0 N–H and O–H groups in total. The van der Waals surface area contributed by atoms with Crippen molar-refractivity contribution in [2.24, 2.45) is 0 Å². The molecule has 1 aromatic heterocycles. The molecule has 1 aromatic carbocycles. The predicted octanol–water partition coefficient (Wildman–Crippen LogP) is 1.99. The number of fused-ring (bicyclic) bond motifs is 2. The van der Waals surface area contributed by atoms with E-state index in [-0.39, 0.29) is 5.91 Å². The van der Waals surface area contributed by atoms with Crippen LogP contribution in [-0.2, 0) is 17.8 Å². The first kappa shape index (κ1) is 13.4. The zero-order valence-corrected chi connectivity index (χ0v) is 12.8. The summed E-state index contributed by atoms with van der Waals surface area (Å²) >= 11 is 0. The third-order valence-corrected chi connectivity index (χ3v) is 4.52. The number of amides is 1. The first-order valence-electron chi connectivity index (χ1n) is 7.90. The third kappa shape index (κ3) is 2.17. The van der Waals surface area contributed by atoms with Gasteiger partial charge in [0.2, 0.25) is 5.91 Å². The second-order valence-corrected chi connectivity index (χ2v) is 6.07. The molecule has 5 heteroatoms. The maximum atomic E-state index is 12.7. The van der Waals surface area contributed by atoms with Crippen LogP contribution in [0, 0.1) is 6.92 Å². The van der Waals surface area contributed by atoms with Crippen molar-refractivity contribution in [2.75, 3.05) is 29.4 Å². The number of anilines is 2. The molecule has 22 heavy (non-hydrogen) atoms. The van der Waals surface area contributed by atoms with Crippen molar-refractivity contribution in [3.05, 3.63) is 41.6 Å². The van der Waals surface area contributed by atoms with Gasteiger partial charge in [0.1, 0.15) is 5.82 Å². The molecule has 0 atom stereocenters. The highest BCUT2D eigenvalue weighted by molar-refractivity contribution is 5.98. The van der Waals surface area contributed by atoms with Crippen molar-refractivity contribution in [1.29, 1.82) is 0 Å². The Labute approximate surface area is 130 Å². The summed E-state index contributed by atoms with van der Waals surface area (Å²) in [5, 5.41) is 4.49. The van der Waals surface area contributed by atoms with E-state index < -0.39 is 0 Å². The summed E-state index contributed by atoms with van der Waals surface area (Å²) in [5.41, 5.74) is 3.37. The number of hydrogen-bond acceptors (Lipinski definition) is 3. The highest BCUT2D eigenvalue weighted by Gasteiger charge is 2.27. The molecule has 0 radical (unpaired) electrons. The molecular formula is C17H20N4O. The van der Waals surface area contributed by atoms with Gasteiger partial charge in [0.05, 0.1) is 12.2 Å². The predicted molar refractivity (Wildman–Crippen MR) is 86.3 cm³/mol. The first-order valence-corrected chi connectivity index (χ1v) is 7.90. The second-order valence-electron chi connectivity index (χ2n) is 6.07. The molecule has 2 aromatic rings. The van der Waals surface area contributed by atoms with Gasteiger partial charge in [-0.25, -0.2) is 4.68 Å². The Morgan fingerprint density at radius 3 is 3.00 bits per heavy atom. The van der Waals surface area contributed by atoms with Crippen LogP contribution in [0.25, 0.3) is 0 Å². The standard InChI is InChI=1S/C17H20N4O/c1-13-11-16-19(8-4-9-21(16)18-13)12-17(22)20-10-7-14-5-2-3-6-15(14)20/h2-3,5-6,11H,4,7-10,12H2,1H3. The minimum absolute atomic E-state index is 0.178. The fourth-order valence-electron chi connectivity index (χ4n) is 3.48. The summed E-state index contributed by atoms with van der Waals surface area (Å²) in [6.45, 7) is 5.10. The van der Waals surface area contributed by atoms with Gasteiger partial charge in [-0.1, -0.05) is 18.2 Å². The lowest BCUT2D eigenvalue weighted by Crippen LogP contribution is -2.42. The number of carbonyl (C=O) groups excluding carboxylic acids is 1. The Morgan fingerprint density at radius 2 is 2.09 bits per heavy atom. The lowest BCUT2D eigenvalue weighted by atomic mass is 10.2. The number of para-hydroxylation sites is 1. The molecule has 0 saturated heterocycles. The fraction of sp³-hybridized carbons (Fsp3) is 0.412. The molecule has 3 heterocycles. The summed E-state index contributed by atoms with van der Waals surface area (Å²) < 4.78 is 2.02. The van der Waals surface area contributed by atoms with E-state index in [1.54, 1.807) is 0 Å². The average molecular weight is 296 g/mol. The zero-order chi connectivity index (χ0) is 15.1. The number of carbonyl (C=O) groups is 1. The van der Waals surface area contributed by atoms with E-state index in [1.807, 2.05) is 34.7 Å². The minimum atomic E-state index is 0.178. The lowest BCUT2D eigenvalue weighted by molar-refractivity contribution is -0.117. The average Bonchev–Trinajstić information content (AvgIpc) is 3.10. The van der Waals surface area contributed by atoms with Crippen LogP contribution in [0.4, 0.5) is 11.5 Å². The maximum Gasteiger partial charge on any atom is 0.246 e. The monoisotopic (exact) mass is 296 g/mol. The van der Waals surface area contributed by atoms with Crippen LogP contribution in [0.3, 0.4) is 0 Å². The van der Waals surface area contributed by atoms with Gasteiger partial charge in [-0.2, -0.15) is 5.10 Å². The molecule has 5 nitrogen and oxygen atoms in total.